The van der Waals surface area contributed by atoms with Crippen LogP contribution in [0.25, 0.3) is 0 Å². The maximum Gasteiger partial charge on any atom is 0.269 e. The number of non-ortho nitro benzene ring substituents is 1. The summed E-state index contributed by atoms with van der Waals surface area (Å²) in [5.74, 6) is 0.629. The van der Waals surface area contributed by atoms with Gasteiger partial charge in [0.1, 0.15) is 0 Å². The van der Waals surface area contributed by atoms with Gasteiger partial charge in [0.25, 0.3) is 5.69 Å². The zero-order valence-electron chi connectivity index (χ0n) is 14.7. The topological polar surface area (TPSA) is 109 Å². The fourth-order valence-corrected chi connectivity index (χ4v) is 2.70. The van der Waals surface area contributed by atoms with Gasteiger partial charge in [0.05, 0.1) is 37.8 Å². The van der Waals surface area contributed by atoms with E-state index in [-0.39, 0.29) is 36.3 Å². The molecule has 8 nitrogen and oxygen atoms in total. The second-order valence-electron chi connectivity index (χ2n) is 5.28. The van der Waals surface area contributed by atoms with E-state index in [0.29, 0.717) is 38.8 Å². The number of nitrogens with one attached hydrogen (secondary N) is 2. The zero-order valence-corrected chi connectivity index (χ0v) is 17.8. The molecule has 0 aliphatic rings. The molecule has 1 aromatic heterocycles. The first kappa shape index (κ1) is 23.3. The Labute approximate surface area is 178 Å². The Balaban J connectivity index is 0.00000364. The van der Waals surface area contributed by atoms with E-state index in [1.807, 2.05) is 17.5 Å². The molecule has 2 aromatic rings. The SMILES string of the molecule is I.O=[N+]([O-])c1ccc(CN=C(NCCOCCO)NCc2cccs2)cc1. The van der Waals surface area contributed by atoms with Crippen LogP contribution in [0.15, 0.2) is 46.8 Å². The fourth-order valence-electron chi connectivity index (χ4n) is 2.06. The van der Waals surface area contributed by atoms with Crippen molar-refractivity contribution in [1.29, 1.82) is 0 Å². The maximum atomic E-state index is 10.7. The van der Waals surface area contributed by atoms with Crippen LogP contribution in [0.1, 0.15) is 10.4 Å². The molecule has 0 radical (unpaired) electrons. The van der Waals surface area contributed by atoms with Gasteiger partial charge < -0.3 is 20.5 Å². The van der Waals surface area contributed by atoms with Crippen LogP contribution >= 0.6 is 35.3 Å². The highest BCUT2D eigenvalue weighted by Crippen LogP contribution is 2.12. The molecule has 0 atom stereocenters. The molecule has 0 saturated carbocycles. The lowest BCUT2D eigenvalue weighted by atomic mass is 10.2. The number of benzene rings is 1. The number of thiophene rings is 1. The second kappa shape index (κ2) is 13.4. The van der Waals surface area contributed by atoms with Crippen molar-refractivity contribution < 1.29 is 14.8 Å². The third kappa shape index (κ3) is 9.13. The monoisotopic (exact) mass is 506 g/mol. The van der Waals surface area contributed by atoms with Crippen LogP contribution in [0.3, 0.4) is 0 Å². The highest BCUT2D eigenvalue weighted by molar-refractivity contribution is 14.0. The summed E-state index contributed by atoms with van der Waals surface area (Å²) in [6.45, 7) is 2.36. The van der Waals surface area contributed by atoms with Crippen LogP contribution in [-0.2, 0) is 17.8 Å². The Bertz CT molecular complexity index is 695. The molecule has 2 rings (SSSR count). The molecule has 148 valence electrons. The summed E-state index contributed by atoms with van der Waals surface area (Å²) in [5.41, 5.74) is 0.942. The van der Waals surface area contributed by atoms with Gasteiger partial charge in [-0.1, -0.05) is 18.2 Å². The van der Waals surface area contributed by atoms with Crippen LogP contribution in [-0.4, -0.2) is 42.4 Å². The van der Waals surface area contributed by atoms with Crippen molar-refractivity contribution in [2.75, 3.05) is 26.4 Å². The molecule has 0 aliphatic heterocycles. The van der Waals surface area contributed by atoms with E-state index in [2.05, 4.69) is 15.6 Å². The molecule has 0 bridgehead atoms. The minimum absolute atomic E-state index is 0. The molecule has 0 spiro atoms. The molecular weight excluding hydrogens is 483 g/mol. The van der Waals surface area contributed by atoms with Crippen LogP contribution in [0.2, 0.25) is 0 Å². The van der Waals surface area contributed by atoms with Crippen molar-refractivity contribution in [3.63, 3.8) is 0 Å². The van der Waals surface area contributed by atoms with Crippen molar-refractivity contribution in [3.8, 4) is 0 Å². The summed E-state index contributed by atoms with van der Waals surface area (Å²) in [7, 11) is 0. The average Bonchev–Trinajstić information content (AvgIpc) is 3.17. The maximum absolute atomic E-state index is 10.7. The number of rotatable bonds is 10. The first-order valence-corrected chi connectivity index (χ1v) is 9.03. The van der Waals surface area contributed by atoms with Crippen molar-refractivity contribution in [2.45, 2.75) is 13.1 Å². The predicted molar refractivity (Wildman–Crippen MR) is 117 cm³/mol. The summed E-state index contributed by atoms with van der Waals surface area (Å²) < 4.78 is 5.22. The number of aliphatic hydroxyl groups is 1. The molecule has 0 unspecified atom stereocenters. The van der Waals surface area contributed by atoms with Crippen molar-refractivity contribution >= 4 is 47.0 Å². The smallest absolute Gasteiger partial charge is 0.269 e. The van der Waals surface area contributed by atoms with Gasteiger partial charge in [-0.3, -0.25) is 10.1 Å². The number of guanidine groups is 1. The van der Waals surface area contributed by atoms with Gasteiger partial charge in [0.15, 0.2) is 5.96 Å². The summed E-state index contributed by atoms with van der Waals surface area (Å²) >= 11 is 1.66. The number of aliphatic hydroxyl groups excluding tert-OH is 1. The number of nitro benzene ring substituents is 1. The van der Waals surface area contributed by atoms with E-state index >= 15 is 0 Å². The van der Waals surface area contributed by atoms with Gasteiger partial charge in [0, 0.05) is 23.6 Å². The van der Waals surface area contributed by atoms with Gasteiger partial charge in [-0.05, 0) is 17.0 Å². The molecular formula is C17H23IN4O4S. The first-order valence-electron chi connectivity index (χ1n) is 8.15. The Morgan fingerprint density at radius 2 is 2.00 bits per heavy atom. The lowest BCUT2D eigenvalue weighted by Crippen LogP contribution is -2.38. The number of hydrogen-bond acceptors (Lipinski definition) is 6. The number of nitro groups is 1. The Morgan fingerprint density at radius 3 is 2.63 bits per heavy atom. The Kier molecular flexibility index (Phi) is 11.6. The highest BCUT2D eigenvalue weighted by Gasteiger charge is 2.04. The standard InChI is InChI=1S/C17H22N4O4S.HI/c22-8-10-25-9-7-18-17(20-13-16-2-1-11-26-16)19-12-14-3-5-15(6-4-14)21(23)24;/h1-6,11,22H,7-10,12-13H2,(H2,18,19,20);1H. The second-order valence-corrected chi connectivity index (χ2v) is 6.32. The van der Waals surface area contributed by atoms with E-state index in [1.54, 1.807) is 23.5 Å². The Hall–Kier alpha value is -1.76. The number of hydrogen-bond donors (Lipinski definition) is 3. The largest absolute Gasteiger partial charge is 0.394 e. The molecule has 0 fully saturated rings. The van der Waals surface area contributed by atoms with E-state index in [4.69, 9.17) is 9.84 Å². The third-order valence-corrected chi connectivity index (χ3v) is 4.23. The molecule has 10 heteroatoms. The van der Waals surface area contributed by atoms with Gasteiger partial charge in [0.2, 0.25) is 0 Å². The summed E-state index contributed by atoms with van der Waals surface area (Å²) in [5, 5.41) is 27.8. The summed E-state index contributed by atoms with van der Waals surface area (Å²) in [6.07, 6.45) is 0. The molecule has 0 amide bonds. The fraction of sp³-hybridized carbons (Fsp3) is 0.353. The molecule has 3 N–H and O–H groups in total. The molecule has 0 aliphatic carbocycles. The first-order chi connectivity index (χ1) is 12.7. The summed E-state index contributed by atoms with van der Waals surface area (Å²) in [6, 6.07) is 10.4. The molecule has 0 saturated heterocycles. The van der Waals surface area contributed by atoms with Gasteiger partial charge in [-0.15, -0.1) is 35.3 Å². The molecule has 27 heavy (non-hydrogen) atoms. The van der Waals surface area contributed by atoms with E-state index in [9.17, 15) is 10.1 Å². The number of nitrogens with zero attached hydrogens (tertiary/aromatic N) is 2. The summed E-state index contributed by atoms with van der Waals surface area (Å²) in [4.78, 5) is 16.0. The van der Waals surface area contributed by atoms with Crippen LogP contribution < -0.4 is 10.6 Å². The predicted octanol–water partition coefficient (Wildman–Crippen LogP) is 2.52. The lowest BCUT2D eigenvalue weighted by Gasteiger charge is -2.12. The minimum Gasteiger partial charge on any atom is -0.394 e. The average molecular weight is 506 g/mol. The number of halogens is 1. The van der Waals surface area contributed by atoms with Crippen molar-refractivity contribution in [1.82, 2.24) is 10.6 Å². The van der Waals surface area contributed by atoms with Gasteiger partial charge >= 0.3 is 0 Å². The van der Waals surface area contributed by atoms with Gasteiger partial charge in [-0.25, -0.2) is 4.99 Å². The number of ether oxygens (including phenoxy) is 1. The van der Waals surface area contributed by atoms with Gasteiger partial charge in [-0.2, -0.15) is 0 Å². The van der Waals surface area contributed by atoms with E-state index in [1.165, 1.54) is 17.0 Å². The van der Waals surface area contributed by atoms with Crippen molar-refractivity contribution in [3.05, 3.63) is 62.3 Å². The van der Waals surface area contributed by atoms with Crippen LogP contribution in [0.4, 0.5) is 5.69 Å². The van der Waals surface area contributed by atoms with Crippen LogP contribution in [0.5, 0.6) is 0 Å². The Morgan fingerprint density at radius 1 is 1.22 bits per heavy atom. The van der Waals surface area contributed by atoms with E-state index in [0.717, 1.165) is 5.56 Å². The van der Waals surface area contributed by atoms with E-state index < -0.39 is 4.92 Å². The lowest BCUT2D eigenvalue weighted by molar-refractivity contribution is -0.384. The minimum atomic E-state index is -0.422. The van der Waals surface area contributed by atoms with Crippen LogP contribution in [0, 0.1) is 10.1 Å². The van der Waals surface area contributed by atoms with Crippen molar-refractivity contribution in [2.24, 2.45) is 4.99 Å². The third-order valence-electron chi connectivity index (χ3n) is 3.35. The quantitative estimate of drug-likeness (QED) is 0.114. The molecule has 1 heterocycles. The molecule has 1 aromatic carbocycles. The zero-order chi connectivity index (χ0) is 18.6. The normalized spacial score (nSPS) is 10.9. The highest BCUT2D eigenvalue weighted by atomic mass is 127. The number of aliphatic imine (C=N–C) groups is 1.